The molecule has 0 bridgehead atoms. The molecule has 0 spiro atoms. The van der Waals surface area contributed by atoms with Gasteiger partial charge in [-0.2, -0.15) is 4.99 Å². The van der Waals surface area contributed by atoms with Crippen molar-refractivity contribution in [2.45, 2.75) is 6.54 Å². The van der Waals surface area contributed by atoms with Crippen LogP contribution in [0.2, 0.25) is 0 Å². The van der Waals surface area contributed by atoms with Gasteiger partial charge in [0.05, 0.1) is 15.8 Å². The molecule has 3 aromatic rings. The number of rotatable bonds is 3. The number of hydrogen-bond donors (Lipinski definition) is 0. The summed E-state index contributed by atoms with van der Waals surface area (Å²) in [5.41, 5.74) is 1.70. The third-order valence-corrected chi connectivity index (χ3v) is 5.20. The Morgan fingerprint density at radius 2 is 1.95 bits per heavy atom. The van der Waals surface area contributed by atoms with E-state index in [9.17, 15) is 4.79 Å². The van der Waals surface area contributed by atoms with E-state index < -0.39 is 0 Å². The van der Waals surface area contributed by atoms with E-state index in [1.54, 1.807) is 6.07 Å². The predicted molar refractivity (Wildman–Crippen MR) is 99.1 cm³/mol. The molecule has 1 heterocycles. The average Bonchev–Trinajstić information content (AvgIpc) is 2.86. The molecule has 3 nitrogen and oxygen atoms in total. The minimum absolute atomic E-state index is 0.214. The molecule has 2 aromatic carbocycles. The topological polar surface area (TPSA) is 34.4 Å². The number of amides is 1. The molecule has 0 atom stereocenters. The Balaban J connectivity index is 2.16. The number of para-hydroxylation sites is 1. The zero-order valence-electron chi connectivity index (χ0n) is 11.7. The standard InChI is InChI=1S/C17H13IN2OS/c1-2-11-20-14-9-5-6-10-15(14)22-17(20)19-16(21)12-7-3-4-8-13(12)18/h2-10H,1,11H2. The van der Waals surface area contributed by atoms with Crippen LogP contribution in [0.15, 0.2) is 66.2 Å². The Morgan fingerprint density at radius 3 is 2.73 bits per heavy atom. The maximum Gasteiger partial charge on any atom is 0.280 e. The van der Waals surface area contributed by atoms with Crippen molar-refractivity contribution in [3.63, 3.8) is 0 Å². The van der Waals surface area contributed by atoms with Crippen molar-refractivity contribution in [1.29, 1.82) is 0 Å². The largest absolute Gasteiger partial charge is 0.312 e. The van der Waals surface area contributed by atoms with Gasteiger partial charge in [0.2, 0.25) is 0 Å². The van der Waals surface area contributed by atoms with Crippen LogP contribution in [0.1, 0.15) is 10.4 Å². The molecule has 22 heavy (non-hydrogen) atoms. The molecule has 0 radical (unpaired) electrons. The molecule has 0 aliphatic carbocycles. The highest BCUT2D eigenvalue weighted by atomic mass is 127. The molecule has 0 fully saturated rings. The van der Waals surface area contributed by atoms with Gasteiger partial charge in [0.1, 0.15) is 0 Å². The van der Waals surface area contributed by atoms with E-state index >= 15 is 0 Å². The second kappa shape index (κ2) is 6.58. The van der Waals surface area contributed by atoms with Crippen molar-refractivity contribution in [3.05, 3.63) is 75.1 Å². The van der Waals surface area contributed by atoms with Crippen LogP contribution in [0, 0.1) is 3.57 Å². The first-order valence-corrected chi connectivity index (χ1v) is 8.63. The molecule has 0 saturated carbocycles. The minimum Gasteiger partial charge on any atom is -0.312 e. The van der Waals surface area contributed by atoms with Gasteiger partial charge in [-0.25, -0.2) is 0 Å². The number of halogens is 1. The van der Waals surface area contributed by atoms with Crippen molar-refractivity contribution in [2.75, 3.05) is 0 Å². The molecule has 0 unspecified atom stereocenters. The van der Waals surface area contributed by atoms with E-state index in [-0.39, 0.29) is 5.91 Å². The quantitative estimate of drug-likeness (QED) is 0.461. The second-order valence-electron chi connectivity index (χ2n) is 4.65. The third-order valence-electron chi connectivity index (χ3n) is 3.20. The van der Waals surface area contributed by atoms with E-state index in [4.69, 9.17) is 0 Å². The number of hydrogen-bond acceptors (Lipinski definition) is 2. The first-order valence-electron chi connectivity index (χ1n) is 6.73. The van der Waals surface area contributed by atoms with E-state index in [2.05, 4.69) is 34.2 Å². The van der Waals surface area contributed by atoms with Gasteiger partial charge in [-0.05, 0) is 46.9 Å². The zero-order valence-corrected chi connectivity index (χ0v) is 14.7. The van der Waals surface area contributed by atoms with Crippen LogP contribution in [0.5, 0.6) is 0 Å². The van der Waals surface area contributed by atoms with Crippen molar-refractivity contribution in [1.82, 2.24) is 4.57 Å². The maximum atomic E-state index is 12.5. The lowest BCUT2D eigenvalue weighted by molar-refractivity contribution is 0.0997. The number of benzene rings is 2. The van der Waals surface area contributed by atoms with Crippen LogP contribution in [-0.2, 0) is 6.54 Å². The molecule has 110 valence electrons. The highest BCUT2D eigenvalue weighted by molar-refractivity contribution is 14.1. The number of aromatic nitrogens is 1. The number of carbonyl (C=O) groups is 1. The highest BCUT2D eigenvalue weighted by Crippen LogP contribution is 2.17. The molecule has 1 aromatic heterocycles. The molecule has 0 N–H and O–H groups in total. The van der Waals surface area contributed by atoms with Crippen LogP contribution in [0.4, 0.5) is 0 Å². The van der Waals surface area contributed by atoms with Gasteiger partial charge >= 0.3 is 0 Å². The monoisotopic (exact) mass is 420 g/mol. The van der Waals surface area contributed by atoms with E-state index in [1.165, 1.54) is 11.3 Å². The Bertz CT molecular complexity index is 924. The summed E-state index contributed by atoms with van der Waals surface area (Å²) in [5, 5.41) is 0. The van der Waals surface area contributed by atoms with Crippen molar-refractivity contribution in [3.8, 4) is 0 Å². The fourth-order valence-electron chi connectivity index (χ4n) is 2.19. The zero-order chi connectivity index (χ0) is 15.5. The van der Waals surface area contributed by atoms with Gasteiger partial charge in [-0.3, -0.25) is 4.79 Å². The predicted octanol–water partition coefficient (Wildman–Crippen LogP) is 4.23. The molecule has 0 saturated heterocycles. The number of fused-ring (bicyclic) bond motifs is 1. The number of carbonyl (C=O) groups excluding carboxylic acids is 1. The van der Waals surface area contributed by atoms with Crippen LogP contribution >= 0.6 is 33.9 Å². The summed E-state index contributed by atoms with van der Waals surface area (Å²) in [5.74, 6) is -0.214. The highest BCUT2D eigenvalue weighted by Gasteiger charge is 2.10. The van der Waals surface area contributed by atoms with Gasteiger partial charge in [-0.15, -0.1) is 6.58 Å². The number of allylic oxidation sites excluding steroid dienone is 1. The summed E-state index contributed by atoms with van der Waals surface area (Å²) >= 11 is 3.68. The van der Waals surface area contributed by atoms with Crippen LogP contribution in [0.25, 0.3) is 10.2 Å². The summed E-state index contributed by atoms with van der Waals surface area (Å²) in [7, 11) is 0. The first-order chi connectivity index (χ1) is 10.7. The lowest BCUT2D eigenvalue weighted by Crippen LogP contribution is -2.16. The van der Waals surface area contributed by atoms with Gasteiger partial charge in [0.25, 0.3) is 5.91 Å². The Morgan fingerprint density at radius 1 is 1.23 bits per heavy atom. The smallest absolute Gasteiger partial charge is 0.280 e. The van der Waals surface area contributed by atoms with Crippen LogP contribution in [0.3, 0.4) is 0 Å². The number of thiazole rings is 1. The molecule has 1 amide bonds. The molecule has 0 aliphatic heterocycles. The van der Waals surface area contributed by atoms with Gasteiger partial charge in [0, 0.05) is 10.1 Å². The molecule has 3 rings (SSSR count). The van der Waals surface area contributed by atoms with Gasteiger partial charge < -0.3 is 4.57 Å². The van der Waals surface area contributed by atoms with Crippen LogP contribution < -0.4 is 4.80 Å². The molecule has 0 aliphatic rings. The Labute approximate surface area is 145 Å². The molecular formula is C17H13IN2OS. The SMILES string of the molecule is C=CCn1c(=NC(=O)c2ccccc2I)sc2ccccc21. The Hall–Kier alpha value is -1.73. The normalized spacial score (nSPS) is 11.8. The van der Waals surface area contributed by atoms with Gasteiger partial charge in [0.15, 0.2) is 4.80 Å². The maximum absolute atomic E-state index is 12.5. The van der Waals surface area contributed by atoms with Gasteiger partial charge in [-0.1, -0.05) is 41.7 Å². The summed E-state index contributed by atoms with van der Waals surface area (Å²) in [4.78, 5) is 17.5. The fraction of sp³-hybridized carbons (Fsp3) is 0.0588. The van der Waals surface area contributed by atoms with Crippen molar-refractivity contribution >= 4 is 50.1 Å². The lowest BCUT2D eigenvalue weighted by atomic mass is 10.2. The van der Waals surface area contributed by atoms with Crippen molar-refractivity contribution < 1.29 is 4.79 Å². The summed E-state index contributed by atoms with van der Waals surface area (Å²) < 4.78 is 4.03. The van der Waals surface area contributed by atoms with E-state index in [0.717, 1.165) is 13.8 Å². The molecule has 5 heteroatoms. The minimum atomic E-state index is -0.214. The Kier molecular flexibility index (Phi) is 4.54. The molecular weight excluding hydrogens is 407 g/mol. The summed E-state index contributed by atoms with van der Waals surface area (Å²) in [6, 6.07) is 15.5. The van der Waals surface area contributed by atoms with E-state index in [1.807, 2.05) is 53.1 Å². The number of nitrogens with zero attached hydrogens (tertiary/aromatic N) is 2. The van der Waals surface area contributed by atoms with Crippen LogP contribution in [-0.4, -0.2) is 10.5 Å². The second-order valence-corrected chi connectivity index (χ2v) is 6.82. The summed E-state index contributed by atoms with van der Waals surface area (Å²) in [6.45, 7) is 4.42. The average molecular weight is 420 g/mol. The van der Waals surface area contributed by atoms with Crippen molar-refractivity contribution in [2.24, 2.45) is 4.99 Å². The first kappa shape index (κ1) is 15.2. The third kappa shape index (κ3) is 2.91. The fourth-order valence-corrected chi connectivity index (χ4v) is 3.85. The van der Waals surface area contributed by atoms with E-state index in [0.29, 0.717) is 16.9 Å². The lowest BCUT2D eigenvalue weighted by Gasteiger charge is -2.01. The summed E-state index contributed by atoms with van der Waals surface area (Å²) in [6.07, 6.45) is 1.81.